The van der Waals surface area contributed by atoms with Crippen LogP contribution in [0, 0.1) is 0 Å². The van der Waals surface area contributed by atoms with E-state index in [1.165, 1.54) is 30.4 Å². The Labute approximate surface area is 130 Å². The summed E-state index contributed by atoms with van der Waals surface area (Å²) in [5.41, 5.74) is 5.73. The molecule has 2 aromatic rings. The van der Waals surface area contributed by atoms with Gasteiger partial charge < -0.3 is 4.57 Å². The molecular weight excluding hydrogens is 282 g/mol. The maximum atomic E-state index is 12.4. The average Bonchev–Trinajstić information content (AvgIpc) is 2.54. The van der Waals surface area contributed by atoms with Gasteiger partial charge in [0, 0.05) is 12.1 Å². The molecule has 1 heterocycles. The minimum absolute atomic E-state index is 0.0303. The van der Waals surface area contributed by atoms with Crippen LogP contribution in [0.3, 0.4) is 0 Å². The van der Waals surface area contributed by atoms with Crippen LogP contribution in [0.1, 0.15) is 36.5 Å². The third kappa shape index (κ3) is 2.65. The Bertz CT molecular complexity index is 718. The zero-order valence-corrected chi connectivity index (χ0v) is 13.1. The van der Waals surface area contributed by atoms with Crippen molar-refractivity contribution in [2.75, 3.05) is 0 Å². The number of rotatable bonds is 3. The van der Waals surface area contributed by atoms with Crippen molar-refractivity contribution in [1.82, 2.24) is 4.57 Å². The normalized spacial score (nSPS) is 14.0. The summed E-state index contributed by atoms with van der Waals surface area (Å²) in [6, 6.07) is 10.5. The fourth-order valence-electron chi connectivity index (χ4n) is 3.18. The van der Waals surface area contributed by atoms with Crippen LogP contribution in [0.25, 0.3) is 11.3 Å². The first-order valence-electron chi connectivity index (χ1n) is 7.65. The minimum Gasteiger partial charge on any atom is -0.308 e. The molecule has 0 amide bonds. The summed E-state index contributed by atoms with van der Waals surface area (Å²) in [7, 11) is 0. The van der Waals surface area contributed by atoms with Gasteiger partial charge in [0.1, 0.15) is 0 Å². The Morgan fingerprint density at radius 1 is 1.10 bits per heavy atom. The molecule has 0 radical (unpaired) electrons. The van der Waals surface area contributed by atoms with Gasteiger partial charge in [0.2, 0.25) is 0 Å². The van der Waals surface area contributed by atoms with E-state index in [1.54, 1.807) is 0 Å². The minimum atomic E-state index is 0.0303. The van der Waals surface area contributed by atoms with E-state index in [1.807, 2.05) is 23.6 Å². The number of pyridine rings is 1. The van der Waals surface area contributed by atoms with Gasteiger partial charge in [0.25, 0.3) is 5.56 Å². The van der Waals surface area contributed by atoms with Crippen LogP contribution in [0.4, 0.5) is 0 Å². The van der Waals surface area contributed by atoms with E-state index >= 15 is 0 Å². The molecule has 0 saturated carbocycles. The predicted octanol–water partition coefficient (Wildman–Crippen LogP) is 4.15. The molecule has 0 N–H and O–H groups in total. The summed E-state index contributed by atoms with van der Waals surface area (Å²) in [6.45, 7) is 2.66. The Hall–Kier alpha value is -1.54. The van der Waals surface area contributed by atoms with Crippen molar-refractivity contribution in [3.05, 3.63) is 57.4 Å². The molecule has 3 rings (SSSR count). The van der Waals surface area contributed by atoms with Crippen molar-refractivity contribution in [3.63, 3.8) is 0 Å². The Morgan fingerprint density at radius 3 is 2.57 bits per heavy atom. The van der Waals surface area contributed by atoms with Gasteiger partial charge in [0.05, 0.1) is 11.6 Å². The van der Waals surface area contributed by atoms with Gasteiger partial charge in [-0.3, -0.25) is 4.79 Å². The van der Waals surface area contributed by atoms with Crippen LogP contribution in [-0.4, -0.2) is 4.57 Å². The quantitative estimate of drug-likeness (QED) is 0.781. The van der Waals surface area contributed by atoms with E-state index in [2.05, 4.69) is 18.2 Å². The van der Waals surface area contributed by atoms with Gasteiger partial charge in [-0.25, -0.2) is 0 Å². The summed E-state index contributed by atoms with van der Waals surface area (Å²) >= 11 is 5.84. The molecule has 0 atom stereocenters. The third-order valence-corrected chi connectivity index (χ3v) is 4.65. The number of aryl methyl sites for hydroxylation is 2. The highest BCUT2D eigenvalue weighted by Crippen LogP contribution is 2.27. The number of nitrogens with zero attached hydrogens (tertiary/aromatic N) is 1. The Morgan fingerprint density at radius 2 is 1.86 bits per heavy atom. The summed E-state index contributed by atoms with van der Waals surface area (Å²) in [5.74, 6) is 0.267. The predicted molar refractivity (Wildman–Crippen MR) is 88.0 cm³/mol. The van der Waals surface area contributed by atoms with Gasteiger partial charge in [-0.15, -0.1) is 11.6 Å². The second kappa shape index (κ2) is 6.07. The standard InChI is InChI=1S/C18H20ClNO/c1-2-20-17(10-9-16(12-19)18(20)21)15-8-7-13-5-3-4-6-14(13)11-15/h7-11H,2-6,12H2,1H3. The maximum Gasteiger partial charge on any atom is 0.255 e. The second-order valence-electron chi connectivity index (χ2n) is 5.62. The largest absolute Gasteiger partial charge is 0.308 e. The maximum absolute atomic E-state index is 12.4. The molecule has 1 aromatic heterocycles. The smallest absolute Gasteiger partial charge is 0.255 e. The van der Waals surface area contributed by atoms with Crippen LogP contribution < -0.4 is 5.56 Å². The van der Waals surface area contributed by atoms with E-state index < -0.39 is 0 Å². The first-order valence-corrected chi connectivity index (χ1v) is 8.19. The van der Waals surface area contributed by atoms with Gasteiger partial charge in [-0.1, -0.05) is 18.2 Å². The monoisotopic (exact) mass is 301 g/mol. The Balaban J connectivity index is 2.12. The Kier molecular flexibility index (Phi) is 4.16. The lowest BCUT2D eigenvalue weighted by Gasteiger charge is -2.18. The van der Waals surface area contributed by atoms with Gasteiger partial charge in [-0.05, 0) is 61.4 Å². The molecule has 21 heavy (non-hydrogen) atoms. The second-order valence-corrected chi connectivity index (χ2v) is 5.88. The number of alkyl halides is 1. The van der Waals surface area contributed by atoms with Crippen molar-refractivity contribution in [2.45, 2.75) is 45.0 Å². The SMILES string of the molecule is CCn1c(-c2ccc3c(c2)CCCC3)ccc(CCl)c1=O. The van der Waals surface area contributed by atoms with Crippen molar-refractivity contribution < 1.29 is 0 Å². The van der Waals surface area contributed by atoms with Gasteiger partial charge in [0.15, 0.2) is 0 Å². The molecule has 3 heteroatoms. The third-order valence-electron chi connectivity index (χ3n) is 4.36. The van der Waals surface area contributed by atoms with E-state index in [0.29, 0.717) is 12.1 Å². The highest BCUT2D eigenvalue weighted by molar-refractivity contribution is 6.17. The number of benzene rings is 1. The lowest BCUT2D eigenvalue weighted by molar-refractivity contribution is 0.685. The highest BCUT2D eigenvalue weighted by atomic mass is 35.5. The van der Waals surface area contributed by atoms with Crippen LogP contribution >= 0.6 is 11.6 Å². The van der Waals surface area contributed by atoms with Crippen molar-refractivity contribution >= 4 is 11.6 Å². The summed E-state index contributed by atoms with van der Waals surface area (Å²) in [4.78, 5) is 12.4. The van der Waals surface area contributed by atoms with Gasteiger partial charge in [-0.2, -0.15) is 0 Å². The van der Waals surface area contributed by atoms with Crippen molar-refractivity contribution in [2.24, 2.45) is 0 Å². The van der Waals surface area contributed by atoms with Crippen LogP contribution in [0.2, 0.25) is 0 Å². The molecule has 110 valence electrons. The lowest BCUT2D eigenvalue weighted by Crippen LogP contribution is -2.23. The zero-order chi connectivity index (χ0) is 14.8. The van der Waals surface area contributed by atoms with E-state index in [4.69, 9.17) is 11.6 Å². The number of fused-ring (bicyclic) bond motifs is 1. The topological polar surface area (TPSA) is 22.0 Å². The molecular formula is C18H20ClNO. The molecule has 1 aliphatic rings. The first kappa shape index (κ1) is 14.4. The zero-order valence-electron chi connectivity index (χ0n) is 12.4. The number of hydrogen-bond acceptors (Lipinski definition) is 1. The molecule has 0 spiro atoms. The number of hydrogen-bond donors (Lipinski definition) is 0. The molecule has 1 aromatic carbocycles. The van der Waals surface area contributed by atoms with E-state index in [0.717, 1.165) is 17.7 Å². The summed E-state index contributed by atoms with van der Waals surface area (Å²) < 4.78 is 1.82. The summed E-state index contributed by atoms with van der Waals surface area (Å²) in [6.07, 6.45) is 4.89. The summed E-state index contributed by atoms with van der Waals surface area (Å²) in [5, 5.41) is 0. The molecule has 0 bridgehead atoms. The highest BCUT2D eigenvalue weighted by Gasteiger charge is 2.13. The fraction of sp³-hybridized carbons (Fsp3) is 0.389. The number of aromatic nitrogens is 1. The van der Waals surface area contributed by atoms with Crippen molar-refractivity contribution in [1.29, 1.82) is 0 Å². The fourth-order valence-corrected chi connectivity index (χ4v) is 3.39. The average molecular weight is 302 g/mol. The van der Waals surface area contributed by atoms with E-state index in [9.17, 15) is 4.79 Å². The molecule has 0 saturated heterocycles. The lowest BCUT2D eigenvalue weighted by atomic mass is 9.90. The molecule has 1 aliphatic carbocycles. The molecule has 0 unspecified atom stereocenters. The number of halogens is 1. The first-order chi connectivity index (χ1) is 10.2. The van der Waals surface area contributed by atoms with Crippen LogP contribution in [-0.2, 0) is 25.3 Å². The molecule has 2 nitrogen and oxygen atoms in total. The van der Waals surface area contributed by atoms with Gasteiger partial charge >= 0.3 is 0 Å². The molecule has 0 aliphatic heterocycles. The van der Waals surface area contributed by atoms with Crippen LogP contribution in [0.5, 0.6) is 0 Å². The van der Waals surface area contributed by atoms with Crippen LogP contribution in [0.15, 0.2) is 35.1 Å². The van der Waals surface area contributed by atoms with E-state index in [-0.39, 0.29) is 11.4 Å². The van der Waals surface area contributed by atoms with Crippen molar-refractivity contribution in [3.8, 4) is 11.3 Å². The molecule has 0 fully saturated rings.